The first-order valence-corrected chi connectivity index (χ1v) is 9.23. The summed E-state index contributed by atoms with van der Waals surface area (Å²) in [5, 5.41) is 0. The predicted octanol–water partition coefficient (Wildman–Crippen LogP) is 6.17. The minimum atomic E-state index is -1.12. The van der Waals surface area contributed by atoms with Crippen LogP contribution in [0.15, 0.2) is 30.9 Å². The third kappa shape index (κ3) is 4.66. The van der Waals surface area contributed by atoms with Crippen LogP contribution >= 0.6 is 0 Å². The fraction of sp³-hybridized carbons (Fsp3) is 0.619. The van der Waals surface area contributed by atoms with Gasteiger partial charge in [0.2, 0.25) is 0 Å². The molecule has 0 aliphatic carbocycles. The SMILES string of the molecule is C=CC(c1cc(F)ccc1C(C)CCC(C)(F)CC)N1CCCC1. The van der Waals surface area contributed by atoms with Crippen molar-refractivity contribution in [2.24, 2.45) is 0 Å². The smallest absolute Gasteiger partial charge is 0.123 e. The molecule has 1 heterocycles. The van der Waals surface area contributed by atoms with E-state index in [1.54, 1.807) is 13.0 Å². The number of hydrogen-bond acceptors (Lipinski definition) is 1. The highest BCUT2D eigenvalue weighted by Gasteiger charge is 2.26. The zero-order chi connectivity index (χ0) is 17.7. The zero-order valence-corrected chi connectivity index (χ0v) is 15.3. The van der Waals surface area contributed by atoms with Crippen molar-refractivity contribution in [3.8, 4) is 0 Å². The van der Waals surface area contributed by atoms with E-state index in [0.717, 1.165) is 30.6 Å². The topological polar surface area (TPSA) is 3.24 Å². The molecule has 1 saturated heterocycles. The van der Waals surface area contributed by atoms with Crippen LogP contribution in [0.5, 0.6) is 0 Å². The van der Waals surface area contributed by atoms with Gasteiger partial charge < -0.3 is 0 Å². The molecular weight excluding hydrogens is 304 g/mol. The Bertz CT molecular complexity index is 547. The molecule has 0 spiro atoms. The van der Waals surface area contributed by atoms with Gasteiger partial charge in [0, 0.05) is 0 Å². The molecular formula is C21H31F2N. The van der Waals surface area contributed by atoms with E-state index < -0.39 is 5.67 Å². The molecule has 24 heavy (non-hydrogen) atoms. The molecule has 3 atom stereocenters. The average Bonchev–Trinajstić information content (AvgIpc) is 3.08. The van der Waals surface area contributed by atoms with Gasteiger partial charge in [-0.15, -0.1) is 6.58 Å². The molecule has 2 rings (SSSR count). The first-order chi connectivity index (χ1) is 11.4. The molecule has 3 heteroatoms. The lowest BCUT2D eigenvalue weighted by atomic mass is 9.85. The van der Waals surface area contributed by atoms with Crippen molar-refractivity contribution in [1.29, 1.82) is 0 Å². The van der Waals surface area contributed by atoms with Crippen LogP contribution in [0, 0.1) is 5.82 Å². The van der Waals surface area contributed by atoms with Gasteiger partial charge in [0.05, 0.1) is 6.04 Å². The Kier molecular flexibility index (Phi) is 6.56. The number of benzene rings is 1. The standard InChI is InChI=1S/C21H31F2N/c1-5-20(24-13-7-8-14-24)19-15-17(22)9-10-18(19)16(3)11-12-21(4,23)6-2/h5,9-10,15-16,20H,1,6-8,11-14H2,2-4H3. The van der Waals surface area contributed by atoms with Gasteiger partial charge in [-0.25, -0.2) is 8.78 Å². The summed E-state index contributed by atoms with van der Waals surface area (Å²) >= 11 is 0. The number of rotatable bonds is 8. The molecule has 1 fully saturated rings. The summed E-state index contributed by atoms with van der Waals surface area (Å²) in [7, 11) is 0. The van der Waals surface area contributed by atoms with E-state index >= 15 is 0 Å². The van der Waals surface area contributed by atoms with Gasteiger partial charge >= 0.3 is 0 Å². The van der Waals surface area contributed by atoms with Crippen molar-refractivity contribution < 1.29 is 8.78 Å². The molecule has 0 aromatic heterocycles. The maximum Gasteiger partial charge on any atom is 0.123 e. The van der Waals surface area contributed by atoms with Crippen molar-refractivity contribution in [2.45, 2.75) is 70.5 Å². The molecule has 1 aromatic carbocycles. The van der Waals surface area contributed by atoms with Crippen LogP contribution in [0.1, 0.15) is 76.0 Å². The van der Waals surface area contributed by atoms with Gasteiger partial charge in [0.15, 0.2) is 0 Å². The van der Waals surface area contributed by atoms with Crippen LogP contribution in [-0.2, 0) is 0 Å². The average molecular weight is 335 g/mol. The van der Waals surface area contributed by atoms with Crippen LogP contribution in [0.25, 0.3) is 0 Å². The molecule has 0 saturated carbocycles. The van der Waals surface area contributed by atoms with E-state index in [9.17, 15) is 8.78 Å². The van der Waals surface area contributed by atoms with Crippen molar-refractivity contribution in [3.05, 3.63) is 47.8 Å². The van der Waals surface area contributed by atoms with Gasteiger partial charge in [-0.1, -0.05) is 26.0 Å². The molecule has 3 unspecified atom stereocenters. The Morgan fingerprint density at radius 2 is 1.96 bits per heavy atom. The third-order valence-electron chi connectivity index (χ3n) is 5.49. The Morgan fingerprint density at radius 1 is 1.29 bits per heavy atom. The number of hydrogen-bond donors (Lipinski definition) is 0. The fourth-order valence-electron chi connectivity index (χ4n) is 3.59. The largest absolute Gasteiger partial charge is 0.293 e. The lowest BCUT2D eigenvalue weighted by Crippen LogP contribution is -2.25. The molecule has 1 aliphatic heterocycles. The summed E-state index contributed by atoms with van der Waals surface area (Å²) < 4.78 is 28.2. The molecule has 0 bridgehead atoms. The minimum absolute atomic E-state index is 0.0450. The van der Waals surface area contributed by atoms with Crippen LogP contribution in [-0.4, -0.2) is 23.7 Å². The Balaban J connectivity index is 2.24. The molecule has 0 N–H and O–H groups in total. The van der Waals surface area contributed by atoms with Gasteiger partial charge in [-0.3, -0.25) is 4.90 Å². The highest BCUT2D eigenvalue weighted by atomic mass is 19.1. The number of alkyl halides is 1. The second kappa shape index (κ2) is 8.24. The maximum atomic E-state index is 14.2. The fourth-order valence-corrected chi connectivity index (χ4v) is 3.59. The lowest BCUT2D eigenvalue weighted by molar-refractivity contribution is 0.162. The van der Waals surface area contributed by atoms with E-state index in [0.29, 0.717) is 12.8 Å². The predicted molar refractivity (Wildman–Crippen MR) is 97.6 cm³/mol. The van der Waals surface area contributed by atoms with Crippen molar-refractivity contribution >= 4 is 0 Å². The summed E-state index contributed by atoms with van der Waals surface area (Å²) in [6.07, 6.45) is 6.11. The maximum absolute atomic E-state index is 14.2. The van der Waals surface area contributed by atoms with E-state index in [2.05, 4.69) is 18.4 Å². The van der Waals surface area contributed by atoms with Crippen LogP contribution < -0.4 is 0 Å². The zero-order valence-electron chi connectivity index (χ0n) is 15.3. The van der Waals surface area contributed by atoms with Gasteiger partial charge in [-0.2, -0.15) is 0 Å². The lowest BCUT2D eigenvalue weighted by Gasteiger charge is -2.29. The second-order valence-electron chi connectivity index (χ2n) is 7.40. The van der Waals surface area contributed by atoms with Crippen molar-refractivity contribution in [3.63, 3.8) is 0 Å². The summed E-state index contributed by atoms with van der Waals surface area (Å²) in [5.74, 6) is -0.0110. The van der Waals surface area contributed by atoms with Crippen molar-refractivity contribution in [1.82, 2.24) is 4.90 Å². The summed E-state index contributed by atoms with van der Waals surface area (Å²) in [5.41, 5.74) is 0.998. The number of halogens is 2. The van der Waals surface area contributed by atoms with Crippen LogP contribution in [0.3, 0.4) is 0 Å². The van der Waals surface area contributed by atoms with Gasteiger partial charge in [0.1, 0.15) is 11.5 Å². The van der Waals surface area contributed by atoms with E-state index in [4.69, 9.17) is 0 Å². The number of likely N-dealkylation sites (tertiary alicyclic amines) is 1. The molecule has 1 aromatic rings. The molecule has 1 nitrogen and oxygen atoms in total. The monoisotopic (exact) mass is 335 g/mol. The van der Waals surface area contributed by atoms with E-state index in [1.165, 1.54) is 18.9 Å². The quantitative estimate of drug-likeness (QED) is 0.513. The summed E-state index contributed by atoms with van der Waals surface area (Å²) in [4.78, 5) is 2.36. The Morgan fingerprint density at radius 3 is 2.54 bits per heavy atom. The minimum Gasteiger partial charge on any atom is -0.293 e. The molecule has 134 valence electrons. The van der Waals surface area contributed by atoms with Crippen molar-refractivity contribution in [2.75, 3.05) is 13.1 Å². The van der Waals surface area contributed by atoms with Gasteiger partial charge in [0.25, 0.3) is 0 Å². The van der Waals surface area contributed by atoms with E-state index in [1.807, 2.05) is 19.1 Å². The first-order valence-electron chi connectivity index (χ1n) is 9.23. The molecule has 1 aliphatic rings. The normalized spacial score (nSPS) is 20.5. The molecule has 0 radical (unpaired) electrons. The van der Waals surface area contributed by atoms with Crippen LogP contribution in [0.2, 0.25) is 0 Å². The van der Waals surface area contributed by atoms with Gasteiger partial charge in [-0.05, 0) is 81.3 Å². The summed E-state index contributed by atoms with van der Waals surface area (Å²) in [6.45, 7) is 11.7. The second-order valence-corrected chi connectivity index (χ2v) is 7.40. The Hall–Kier alpha value is -1.22. The van der Waals surface area contributed by atoms with Crippen LogP contribution in [0.4, 0.5) is 8.78 Å². The highest BCUT2D eigenvalue weighted by molar-refractivity contribution is 5.35. The van der Waals surface area contributed by atoms with E-state index in [-0.39, 0.29) is 17.8 Å². The highest BCUT2D eigenvalue weighted by Crippen LogP contribution is 2.35. The summed E-state index contributed by atoms with van der Waals surface area (Å²) in [6, 6.07) is 5.09. The molecule has 0 amide bonds. The number of nitrogens with zero attached hydrogens (tertiary/aromatic N) is 1. The first kappa shape index (κ1) is 19.1. The third-order valence-corrected chi connectivity index (χ3v) is 5.49. The Labute approximate surface area is 145 Å².